The van der Waals surface area contributed by atoms with Crippen molar-refractivity contribution in [3.05, 3.63) is 0 Å². The standard InChI is InChI=1S/C10H21F3N4/c1-16-5-6-17(2)9(7-16)8(15-14)3-4-10(11,12)13/h8-9,15H,3-7,14H2,1-2H3. The molecule has 1 rings (SSSR count). The summed E-state index contributed by atoms with van der Waals surface area (Å²) in [5.74, 6) is 5.38. The average Bonchev–Trinajstić information content (AvgIpc) is 2.22. The van der Waals surface area contributed by atoms with E-state index in [1.54, 1.807) is 0 Å². The number of rotatable bonds is 4. The second-order valence-electron chi connectivity index (χ2n) is 4.74. The van der Waals surface area contributed by atoms with Gasteiger partial charge in [0.15, 0.2) is 0 Å². The fourth-order valence-corrected chi connectivity index (χ4v) is 2.18. The van der Waals surface area contributed by atoms with Gasteiger partial charge in [-0.25, -0.2) is 0 Å². The molecule has 0 spiro atoms. The first-order valence-corrected chi connectivity index (χ1v) is 5.75. The molecule has 3 N–H and O–H groups in total. The molecule has 0 amide bonds. The van der Waals surface area contributed by atoms with E-state index < -0.39 is 12.6 Å². The van der Waals surface area contributed by atoms with Gasteiger partial charge in [0.25, 0.3) is 0 Å². The van der Waals surface area contributed by atoms with E-state index >= 15 is 0 Å². The molecule has 2 atom stereocenters. The molecule has 0 aliphatic carbocycles. The lowest BCUT2D eigenvalue weighted by Gasteiger charge is -2.41. The number of likely N-dealkylation sites (N-methyl/N-ethyl adjacent to an activating group) is 2. The number of piperazine rings is 1. The fraction of sp³-hybridized carbons (Fsp3) is 1.00. The number of hydrazine groups is 1. The lowest BCUT2D eigenvalue weighted by atomic mass is 10.00. The Morgan fingerprint density at radius 1 is 1.35 bits per heavy atom. The highest BCUT2D eigenvalue weighted by Gasteiger charge is 2.33. The van der Waals surface area contributed by atoms with Crippen molar-refractivity contribution < 1.29 is 13.2 Å². The summed E-state index contributed by atoms with van der Waals surface area (Å²) in [7, 11) is 3.90. The first-order valence-electron chi connectivity index (χ1n) is 5.75. The summed E-state index contributed by atoms with van der Waals surface area (Å²) in [6, 6.07) is -0.300. The molecule has 0 bridgehead atoms. The lowest BCUT2D eigenvalue weighted by molar-refractivity contribution is -0.137. The van der Waals surface area contributed by atoms with Crippen molar-refractivity contribution in [1.82, 2.24) is 15.2 Å². The molecule has 2 unspecified atom stereocenters. The van der Waals surface area contributed by atoms with Crippen LogP contribution >= 0.6 is 0 Å². The second kappa shape index (κ2) is 5.99. The van der Waals surface area contributed by atoms with Gasteiger partial charge >= 0.3 is 6.18 Å². The van der Waals surface area contributed by atoms with Crippen molar-refractivity contribution in [1.29, 1.82) is 0 Å². The summed E-state index contributed by atoms with van der Waals surface area (Å²) in [5, 5.41) is 0. The Hall–Kier alpha value is -0.370. The van der Waals surface area contributed by atoms with Crippen LogP contribution in [0, 0.1) is 0 Å². The van der Waals surface area contributed by atoms with Gasteiger partial charge in [-0.05, 0) is 20.5 Å². The third-order valence-corrected chi connectivity index (χ3v) is 3.32. The Morgan fingerprint density at radius 2 is 2.00 bits per heavy atom. The molecule has 7 heteroatoms. The van der Waals surface area contributed by atoms with Crippen LogP contribution in [0.2, 0.25) is 0 Å². The monoisotopic (exact) mass is 254 g/mol. The van der Waals surface area contributed by atoms with Crippen molar-refractivity contribution >= 4 is 0 Å². The molecule has 4 nitrogen and oxygen atoms in total. The highest BCUT2D eigenvalue weighted by atomic mass is 19.4. The Morgan fingerprint density at radius 3 is 2.53 bits per heavy atom. The number of hydrogen-bond donors (Lipinski definition) is 2. The van der Waals surface area contributed by atoms with E-state index in [-0.39, 0.29) is 18.5 Å². The molecule has 1 heterocycles. The van der Waals surface area contributed by atoms with Gasteiger partial charge in [-0.15, -0.1) is 0 Å². The molecule has 1 fully saturated rings. The minimum atomic E-state index is -4.12. The zero-order valence-corrected chi connectivity index (χ0v) is 10.3. The maximum absolute atomic E-state index is 12.2. The zero-order chi connectivity index (χ0) is 13.1. The average molecular weight is 254 g/mol. The number of nitrogens with one attached hydrogen (secondary N) is 1. The zero-order valence-electron chi connectivity index (χ0n) is 10.3. The van der Waals surface area contributed by atoms with Crippen LogP contribution in [0.5, 0.6) is 0 Å². The third kappa shape index (κ3) is 4.79. The van der Waals surface area contributed by atoms with Gasteiger partial charge in [0.05, 0.1) is 0 Å². The van der Waals surface area contributed by atoms with Gasteiger partial charge in [0.2, 0.25) is 0 Å². The predicted molar refractivity (Wildman–Crippen MR) is 60.3 cm³/mol. The molecule has 0 radical (unpaired) electrons. The van der Waals surface area contributed by atoms with Crippen molar-refractivity contribution in [3.63, 3.8) is 0 Å². The Balaban J connectivity index is 2.53. The van der Waals surface area contributed by atoms with Gasteiger partial charge in [0.1, 0.15) is 0 Å². The number of nitrogens with two attached hydrogens (primary N) is 1. The number of nitrogens with zero attached hydrogens (tertiary/aromatic N) is 2. The topological polar surface area (TPSA) is 44.5 Å². The van der Waals surface area contributed by atoms with Crippen molar-refractivity contribution in [2.45, 2.75) is 31.1 Å². The molecule has 1 aliphatic rings. The van der Waals surface area contributed by atoms with Crippen LogP contribution in [0.1, 0.15) is 12.8 Å². The molecular weight excluding hydrogens is 233 g/mol. The summed E-state index contributed by atoms with van der Waals surface area (Å²) in [4.78, 5) is 4.18. The fourth-order valence-electron chi connectivity index (χ4n) is 2.18. The Labute approximate surface area is 99.9 Å². The molecule has 1 aliphatic heterocycles. The Kier molecular flexibility index (Phi) is 5.18. The molecule has 0 aromatic carbocycles. The quantitative estimate of drug-likeness (QED) is 0.563. The molecule has 102 valence electrons. The van der Waals surface area contributed by atoms with Crippen molar-refractivity contribution in [2.75, 3.05) is 33.7 Å². The van der Waals surface area contributed by atoms with Gasteiger partial charge in [-0.2, -0.15) is 13.2 Å². The second-order valence-corrected chi connectivity index (χ2v) is 4.74. The summed E-state index contributed by atoms with van der Waals surface area (Å²) >= 11 is 0. The Bertz CT molecular complexity index is 234. The smallest absolute Gasteiger partial charge is 0.303 e. The van der Waals surface area contributed by atoms with Crippen LogP contribution in [0.3, 0.4) is 0 Å². The number of alkyl halides is 3. The summed E-state index contributed by atoms with van der Waals surface area (Å²) < 4.78 is 36.6. The van der Waals surface area contributed by atoms with E-state index in [1.807, 2.05) is 14.1 Å². The maximum Gasteiger partial charge on any atom is 0.389 e. The van der Waals surface area contributed by atoms with E-state index in [0.717, 1.165) is 19.6 Å². The minimum Gasteiger partial charge on any atom is -0.303 e. The molecule has 1 saturated heterocycles. The van der Waals surface area contributed by atoms with E-state index in [1.165, 1.54) is 0 Å². The summed E-state index contributed by atoms with van der Waals surface area (Å²) in [6.07, 6.45) is -4.90. The highest BCUT2D eigenvalue weighted by Crippen LogP contribution is 2.24. The molecule has 0 saturated carbocycles. The van der Waals surface area contributed by atoms with Gasteiger partial charge in [-0.1, -0.05) is 0 Å². The molecular formula is C10H21F3N4. The van der Waals surface area contributed by atoms with E-state index in [4.69, 9.17) is 5.84 Å². The van der Waals surface area contributed by atoms with Crippen LogP contribution in [0.25, 0.3) is 0 Å². The van der Waals surface area contributed by atoms with E-state index in [0.29, 0.717) is 0 Å². The minimum absolute atomic E-state index is 0.0167. The van der Waals surface area contributed by atoms with Crippen LogP contribution in [0.4, 0.5) is 13.2 Å². The van der Waals surface area contributed by atoms with E-state index in [2.05, 4.69) is 15.2 Å². The van der Waals surface area contributed by atoms with Gasteiger partial charge < -0.3 is 4.90 Å². The van der Waals surface area contributed by atoms with Gasteiger partial charge in [-0.3, -0.25) is 16.2 Å². The largest absolute Gasteiger partial charge is 0.389 e. The molecule has 0 aromatic rings. The van der Waals surface area contributed by atoms with Gasteiger partial charge in [0, 0.05) is 38.1 Å². The van der Waals surface area contributed by atoms with Crippen LogP contribution in [-0.2, 0) is 0 Å². The van der Waals surface area contributed by atoms with Crippen molar-refractivity contribution in [2.24, 2.45) is 5.84 Å². The third-order valence-electron chi connectivity index (χ3n) is 3.32. The first kappa shape index (κ1) is 14.7. The number of hydrogen-bond acceptors (Lipinski definition) is 4. The van der Waals surface area contributed by atoms with Crippen LogP contribution in [-0.4, -0.2) is 61.8 Å². The van der Waals surface area contributed by atoms with Crippen molar-refractivity contribution in [3.8, 4) is 0 Å². The van der Waals surface area contributed by atoms with E-state index in [9.17, 15) is 13.2 Å². The molecule has 17 heavy (non-hydrogen) atoms. The summed E-state index contributed by atoms with van der Waals surface area (Å²) in [6.45, 7) is 2.53. The van der Waals surface area contributed by atoms with Crippen LogP contribution < -0.4 is 11.3 Å². The SMILES string of the molecule is CN1CCN(C)C(C(CCC(F)(F)F)NN)C1. The predicted octanol–water partition coefficient (Wildman–Crippen LogP) is 0.407. The lowest BCUT2D eigenvalue weighted by Crippen LogP contribution is -2.60. The normalized spacial score (nSPS) is 26.1. The highest BCUT2D eigenvalue weighted by molar-refractivity contribution is 4.88. The summed E-state index contributed by atoms with van der Waals surface area (Å²) in [5.41, 5.74) is 2.53. The number of halogens is 3. The first-order chi connectivity index (χ1) is 7.83. The molecule has 0 aromatic heterocycles. The van der Waals surface area contributed by atoms with Crippen LogP contribution in [0.15, 0.2) is 0 Å². The maximum atomic E-state index is 12.2.